The lowest BCUT2D eigenvalue weighted by Gasteiger charge is -2.35. The van der Waals surface area contributed by atoms with Gasteiger partial charge in [-0.2, -0.15) is 0 Å². The van der Waals surface area contributed by atoms with Crippen molar-refractivity contribution < 1.29 is 14.0 Å². The second-order valence-corrected chi connectivity index (χ2v) is 6.91. The fraction of sp³-hybridized carbons (Fsp3) is 0.333. The van der Waals surface area contributed by atoms with Crippen LogP contribution < -0.4 is 5.32 Å². The van der Waals surface area contributed by atoms with Gasteiger partial charge in [-0.15, -0.1) is 0 Å². The molecule has 4 nitrogen and oxygen atoms in total. The zero-order chi connectivity index (χ0) is 18.7. The van der Waals surface area contributed by atoms with Gasteiger partial charge in [-0.3, -0.25) is 9.59 Å². The minimum Gasteiger partial charge on any atom is -0.352 e. The van der Waals surface area contributed by atoms with Gasteiger partial charge in [0.25, 0.3) is 0 Å². The third-order valence-electron chi connectivity index (χ3n) is 4.72. The van der Waals surface area contributed by atoms with Gasteiger partial charge in [0.2, 0.25) is 11.8 Å². The molecule has 2 amide bonds. The number of carbonyl (C=O) groups excluding carboxylic acids is 2. The number of amides is 2. The second-order valence-electron chi connectivity index (χ2n) is 6.91. The van der Waals surface area contributed by atoms with E-state index in [0.29, 0.717) is 19.0 Å². The Morgan fingerprint density at radius 3 is 2.42 bits per heavy atom. The Bertz CT molecular complexity index is 785. The van der Waals surface area contributed by atoms with Gasteiger partial charge < -0.3 is 10.2 Å². The SMILES string of the molecule is CC(C)c1ccc(C2C(=O)NCCN2C(=O)Cc2ccc(F)cc2)cc1. The van der Waals surface area contributed by atoms with Crippen LogP contribution in [0.2, 0.25) is 0 Å². The summed E-state index contributed by atoms with van der Waals surface area (Å²) in [5.74, 6) is -0.229. The molecule has 0 aliphatic carbocycles. The molecule has 1 atom stereocenters. The van der Waals surface area contributed by atoms with E-state index < -0.39 is 6.04 Å². The molecule has 3 rings (SSSR count). The van der Waals surface area contributed by atoms with E-state index in [1.165, 1.54) is 17.7 Å². The van der Waals surface area contributed by atoms with Crippen LogP contribution in [0.25, 0.3) is 0 Å². The lowest BCUT2D eigenvalue weighted by atomic mass is 9.96. The fourth-order valence-electron chi connectivity index (χ4n) is 3.21. The van der Waals surface area contributed by atoms with Gasteiger partial charge in [0.05, 0.1) is 6.42 Å². The fourth-order valence-corrected chi connectivity index (χ4v) is 3.21. The normalized spacial score (nSPS) is 17.3. The van der Waals surface area contributed by atoms with Gasteiger partial charge in [-0.05, 0) is 34.7 Å². The molecule has 1 aliphatic rings. The lowest BCUT2D eigenvalue weighted by Crippen LogP contribution is -2.52. The first-order chi connectivity index (χ1) is 12.5. The van der Waals surface area contributed by atoms with Crippen LogP contribution in [0.3, 0.4) is 0 Å². The summed E-state index contributed by atoms with van der Waals surface area (Å²) < 4.78 is 13.1. The summed E-state index contributed by atoms with van der Waals surface area (Å²) in [6, 6.07) is 13.1. The monoisotopic (exact) mass is 354 g/mol. The van der Waals surface area contributed by atoms with Crippen LogP contribution in [-0.4, -0.2) is 29.8 Å². The third-order valence-corrected chi connectivity index (χ3v) is 4.72. The van der Waals surface area contributed by atoms with E-state index in [2.05, 4.69) is 19.2 Å². The topological polar surface area (TPSA) is 49.4 Å². The molecule has 0 saturated carbocycles. The van der Waals surface area contributed by atoms with E-state index in [9.17, 15) is 14.0 Å². The summed E-state index contributed by atoms with van der Waals surface area (Å²) in [6.07, 6.45) is 0.147. The van der Waals surface area contributed by atoms with Crippen molar-refractivity contribution in [3.63, 3.8) is 0 Å². The Morgan fingerprint density at radius 1 is 1.15 bits per heavy atom. The van der Waals surface area contributed by atoms with Crippen LogP contribution in [0, 0.1) is 5.82 Å². The summed E-state index contributed by atoms with van der Waals surface area (Å²) >= 11 is 0. The summed E-state index contributed by atoms with van der Waals surface area (Å²) in [6.45, 7) is 5.12. The molecule has 0 bridgehead atoms. The smallest absolute Gasteiger partial charge is 0.247 e. The molecule has 2 aromatic carbocycles. The Kier molecular flexibility index (Phi) is 5.35. The van der Waals surface area contributed by atoms with E-state index >= 15 is 0 Å². The van der Waals surface area contributed by atoms with E-state index in [0.717, 1.165) is 11.1 Å². The highest BCUT2D eigenvalue weighted by Crippen LogP contribution is 2.26. The maximum atomic E-state index is 13.1. The van der Waals surface area contributed by atoms with Crippen molar-refractivity contribution in [2.75, 3.05) is 13.1 Å². The van der Waals surface area contributed by atoms with Gasteiger partial charge in [-0.25, -0.2) is 4.39 Å². The molecule has 2 aromatic rings. The average molecular weight is 354 g/mol. The highest BCUT2D eigenvalue weighted by molar-refractivity contribution is 5.90. The van der Waals surface area contributed by atoms with Crippen LogP contribution in [0.1, 0.15) is 42.5 Å². The van der Waals surface area contributed by atoms with Crippen LogP contribution in [0.15, 0.2) is 48.5 Å². The third kappa shape index (κ3) is 3.93. The first-order valence-corrected chi connectivity index (χ1v) is 8.87. The van der Waals surface area contributed by atoms with Crippen molar-refractivity contribution in [2.45, 2.75) is 32.2 Å². The predicted octanol–water partition coefficient (Wildman–Crippen LogP) is 3.19. The molecule has 1 heterocycles. The number of rotatable bonds is 4. The molecule has 1 unspecified atom stereocenters. The van der Waals surface area contributed by atoms with Crippen LogP contribution in [0.5, 0.6) is 0 Å². The molecule has 1 N–H and O–H groups in total. The summed E-state index contributed by atoms with van der Waals surface area (Å²) in [5.41, 5.74) is 2.73. The molecular weight excluding hydrogens is 331 g/mol. The highest BCUT2D eigenvalue weighted by Gasteiger charge is 2.34. The summed E-state index contributed by atoms with van der Waals surface area (Å²) in [5, 5.41) is 2.84. The first kappa shape index (κ1) is 18.1. The zero-order valence-corrected chi connectivity index (χ0v) is 15.0. The number of hydrogen-bond donors (Lipinski definition) is 1. The quantitative estimate of drug-likeness (QED) is 0.917. The Balaban J connectivity index is 1.82. The number of piperazine rings is 1. The lowest BCUT2D eigenvalue weighted by molar-refractivity contribution is -0.143. The van der Waals surface area contributed by atoms with Gasteiger partial charge in [0, 0.05) is 13.1 Å². The molecule has 0 spiro atoms. The Labute approximate surface area is 153 Å². The molecule has 1 aliphatic heterocycles. The van der Waals surface area contributed by atoms with Crippen LogP contribution in [-0.2, 0) is 16.0 Å². The number of carbonyl (C=O) groups is 2. The zero-order valence-electron chi connectivity index (χ0n) is 15.0. The van der Waals surface area contributed by atoms with Crippen molar-refractivity contribution in [2.24, 2.45) is 0 Å². The van der Waals surface area contributed by atoms with Crippen molar-refractivity contribution >= 4 is 11.8 Å². The highest BCUT2D eigenvalue weighted by atomic mass is 19.1. The van der Waals surface area contributed by atoms with Crippen molar-refractivity contribution in [1.29, 1.82) is 0 Å². The summed E-state index contributed by atoms with van der Waals surface area (Å²) in [7, 11) is 0. The number of halogens is 1. The maximum absolute atomic E-state index is 13.1. The largest absolute Gasteiger partial charge is 0.352 e. The molecule has 1 fully saturated rings. The van der Waals surface area contributed by atoms with Gasteiger partial charge in [0.1, 0.15) is 11.9 Å². The minimum atomic E-state index is -0.627. The number of nitrogens with one attached hydrogen (secondary N) is 1. The number of nitrogens with zero attached hydrogens (tertiary/aromatic N) is 1. The maximum Gasteiger partial charge on any atom is 0.247 e. The molecule has 0 aromatic heterocycles. The van der Waals surface area contributed by atoms with Crippen molar-refractivity contribution in [3.8, 4) is 0 Å². The van der Waals surface area contributed by atoms with Crippen LogP contribution >= 0.6 is 0 Å². The second kappa shape index (κ2) is 7.68. The van der Waals surface area contributed by atoms with Crippen molar-refractivity contribution in [3.05, 3.63) is 71.0 Å². The average Bonchev–Trinajstić information content (AvgIpc) is 2.63. The minimum absolute atomic E-state index is 0.135. The standard InChI is InChI=1S/C21H23FN2O2/c1-14(2)16-5-7-17(8-6-16)20-21(26)23-11-12-24(20)19(25)13-15-3-9-18(22)10-4-15/h3-10,14,20H,11-13H2,1-2H3,(H,23,26). The van der Waals surface area contributed by atoms with Gasteiger partial charge >= 0.3 is 0 Å². The van der Waals surface area contributed by atoms with E-state index in [-0.39, 0.29) is 24.1 Å². The first-order valence-electron chi connectivity index (χ1n) is 8.87. The molecule has 1 saturated heterocycles. The van der Waals surface area contributed by atoms with E-state index in [1.54, 1.807) is 17.0 Å². The molecule has 26 heavy (non-hydrogen) atoms. The van der Waals surface area contributed by atoms with Crippen LogP contribution in [0.4, 0.5) is 4.39 Å². The molecule has 0 radical (unpaired) electrons. The number of hydrogen-bond acceptors (Lipinski definition) is 2. The van der Waals surface area contributed by atoms with Crippen molar-refractivity contribution in [1.82, 2.24) is 10.2 Å². The Morgan fingerprint density at radius 2 is 1.81 bits per heavy atom. The number of benzene rings is 2. The van der Waals surface area contributed by atoms with E-state index in [1.807, 2.05) is 24.3 Å². The Hall–Kier alpha value is -2.69. The molecule has 136 valence electrons. The molecule has 5 heteroatoms. The molecular formula is C21H23FN2O2. The van der Waals surface area contributed by atoms with E-state index in [4.69, 9.17) is 0 Å². The predicted molar refractivity (Wildman–Crippen MR) is 98.1 cm³/mol. The van der Waals surface area contributed by atoms with Gasteiger partial charge in [-0.1, -0.05) is 50.2 Å². The summed E-state index contributed by atoms with van der Waals surface area (Å²) in [4.78, 5) is 26.9. The van der Waals surface area contributed by atoms with Gasteiger partial charge in [0.15, 0.2) is 0 Å².